The molecule has 0 spiro atoms. The molecule has 0 N–H and O–H groups in total. The van der Waals surface area contributed by atoms with Crippen molar-refractivity contribution in [2.45, 2.75) is 26.1 Å². The summed E-state index contributed by atoms with van der Waals surface area (Å²) in [6.07, 6.45) is 0. The molecule has 0 unspecified atom stereocenters. The van der Waals surface area contributed by atoms with Crippen molar-refractivity contribution in [2.75, 3.05) is 0 Å². The van der Waals surface area contributed by atoms with Gasteiger partial charge in [0, 0.05) is 18.2 Å². The zero-order chi connectivity index (χ0) is 22.0. The fourth-order valence-electron chi connectivity index (χ4n) is 3.89. The van der Waals surface area contributed by atoms with E-state index in [9.17, 15) is 19.7 Å². The molecule has 1 atom stereocenters. The number of hydrogen-bond acceptors (Lipinski definition) is 4. The molecule has 0 saturated carbocycles. The molecule has 3 aromatic carbocycles. The van der Waals surface area contributed by atoms with E-state index < -0.39 is 17.0 Å². The first-order valence-electron chi connectivity index (χ1n) is 9.91. The van der Waals surface area contributed by atoms with Crippen molar-refractivity contribution in [3.05, 3.63) is 111 Å². The van der Waals surface area contributed by atoms with Gasteiger partial charge >= 0.3 is 6.03 Å². The summed E-state index contributed by atoms with van der Waals surface area (Å²) in [6, 6.07) is 22.2. The number of rotatable bonds is 6. The molecule has 3 amide bonds. The Hall–Kier alpha value is -4.00. The predicted molar refractivity (Wildman–Crippen MR) is 115 cm³/mol. The Morgan fingerprint density at radius 2 is 1.52 bits per heavy atom. The second kappa shape index (κ2) is 8.39. The zero-order valence-corrected chi connectivity index (χ0v) is 17.0. The molecule has 1 saturated heterocycles. The van der Waals surface area contributed by atoms with Gasteiger partial charge in [0.1, 0.15) is 6.04 Å². The second-order valence-corrected chi connectivity index (χ2v) is 7.45. The number of amides is 3. The molecular formula is C24H21N3O4. The Kier molecular flexibility index (Phi) is 5.49. The molecule has 0 radical (unpaired) electrons. The van der Waals surface area contributed by atoms with Gasteiger partial charge in [-0.05, 0) is 23.6 Å². The van der Waals surface area contributed by atoms with E-state index in [2.05, 4.69) is 0 Å². The fourth-order valence-corrected chi connectivity index (χ4v) is 3.89. The van der Waals surface area contributed by atoms with Crippen LogP contribution in [0, 0.1) is 17.0 Å². The standard InChI is InChI=1S/C24H21N3O4/c1-17-20(13-8-14-21(17)27(30)31)16-26-23(28)22(19-11-6-3-7-12-19)25(24(26)29)15-18-9-4-2-5-10-18/h2-14,22H,15-16H2,1H3/t22-/m1/s1. The molecule has 0 aromatic heterocycles. The molecule has 0 bridgehead atoms. The lowest BCUT2D eigenvalue weighted by Gasteiger charge is -2.22. The van der Waals surface area contributed by atoms with Crippen LogP contribution in [0.4, 0.5) is 10.5 Å². The highest BCUT2D eigenvalue weighted by molar-refractivity contribution is 6.04. The molecule has 1 fully saturated rings. The Morgan fingerprint density at radius 1 is 0.871 bits per heavy atom. The first kappa shape index (κ1) is 20.3. The summed E-state index contributed by atoms with van der Waals surface area (Å²) in [5.74, 6) is -0.335. The van der Waals surface area contributed by atoms with Gasteiger partial charge in [0.05, 0.1) is 11.5 Å². The minimum atomic E-state index is -0.743. The van der Waals surface area contributed by atoms with Gasteiger partial charge in [-0.1, -0.05) is 72.8 Å². The molecule has 156 valence electrons. The van der Waals surface area contributed by atoms with Gasteiger partial charge in [0.25, 0.3) is 11.6 Å². The minimum Gasteiger partial charge on any atom is -0.304 e. The van der Waals surface area contributed by atoms with Crippen molar-refractivity contribution in [2.24, 2.45) is 0 Å². The van der Waals surface area contributed by atoms with Crippen LogP contribution >= 0.6 is 0 Å². The summed E-state index contributed by atoms with van der Waals surface area (Å²) in [5.41, 5.74) is 2.64. The van der Waals surface area contributed by atoms with Gasteiger partial charge < -0.3 is 4.90 Å². The van der Waals surface area contributed by atoms with Gasteiger partial charge in [0.2, 0.25) is 0 Å². The summed E-state index contributed by atoms with van der Waals surface area (Å²) in [7, 11) is 0. The number of carbonyl (C=O) groups excluding carboxylic acids is 2. The third kappa shape index (κ3) is 3.90. The number of carbonyl (C=O) groups is 2. The first-order chi connectivity index (χ1) is 15.0. The van der Waals surface area contributed by atoms with Crippen LogP contribution in [0.5, 0.6) is 0 Å². The van der Waals surface area contributed by atoms with Crippen LogP contribution in [0.15, 0.2) is 78.9 Å². The third-order valence-corrected chi connectivity index (χ3v) is 5.54. The van der Waals surface area contributed by atoms with Crippen molar-refractivity contribution in [3.8, 4) is 0 Å². The van der Waals surface area contributed by atoms with E-state index >= 15 is 0 Å². The SMILES string of the molecule is Cc1c(CN2C(=O)[C@@H](c3ccccc3)N(Cc3ccccc3)C2=O)cccc1[N+](=O)[O-]. The Labute approximate surface area is 179 Å². The van der Waals surface area contributed by atoms with Gasteiger partial charge in [-0.2, -0.15) is 0 Å². The highest BCUT2D eigenvalue weighted by Gasteiger charge is 2.45. The van der Waals surface area contributed by atoms with E-state index in [0.717, 1.165) is 11.1 Å². The Bertz CT molecular complexity index is 1130. The molecule has 1 aliphatic rings. The van der Waals surface area contributed by atoms with Crippen LogP contribution in [0.1, 0.15) is 28.3 Å². The number of nitro groups is 1. The van der Waals surface area contributed by atoms with E-state index in [1.165, 1.54) is 11.0 Å². The monoisotopic (exact) mass is 415 g/mol. The largest absolute Gasteiger partial charge is 0.328 e. The molecule has 1 heterocycles. The highest BCUT2D eigenvalue weighted by Crippen LogP contribution is 2.34. The van der Waals surface area contributed by atoms with Crippen LogP contribution in [0.25, 0.3) is 0 Å². The maximum absolute atomic E-state index is 13.4. The van der Waals surface area contributed by atoms with E-state index in [-0.39, 0.29) is 24.7 Å². The van der Waals surface area contributed by atoms with E-state index in [0.29, 0.717) is 11.1 Å². The van der Waals surface area contributed by atoms with Crippen LogP contribution in [0.2, 0.25) is 0 Å². The van der Waals surface area contributed by atoms with Crippen molar-refractivity contribution < 1.29 is 14.5 Å². The highest BCUT2D eigenvalue weighted by atomic mass is 16.6. The van der Waals surface area contributed by atoms with Crippen LogP contribution in [0.3, 0.4) is 0 Å². The Morgan fingerprint density at radius 3 is 2.16 bits per heavy atom. The van der Waals surface area contributed by atoms with Crippen LogP contribution in [-0.4, -0.2) is 26.7 Å². The number of benzene rings is 3. The third-order valence-electron chi connectivity index (χ3n) is 5.54. The lowest BCUT2D eigenvalue weighted by molar-refractivity contribution is -0.385. The van der Waals surface area contributed by atoms with Gasteiger partial charge in [-0.25, -0.2) is 4.79 Å². The average molecular weight is 415 g/mol. The predicted octanol–water partition coefficient (Wildman–Crippen LogP) is 4.61. The lowest BCUT2D eigenvalue weighted by Crippen LogP contribution is -2.32. The molecule has 31 heavy (non-hydrogen) atoms. The second-order valence-electron chi connectivity index (χ2n) is 7.45. The van der Waals surface area contributed by atoms with Crippen molar-refractivity contribution >= 4 is 17.6 Å². The zero-order valence-electron chi connectivity index (χ0n) is 17.0. The molecule has 3 aromatic rings. The molecule has 0 aliphatic carbocycles. The quantitative estimate of drug-likeness (QED) is 0.334. The molecule has 4 rings (SSSR count). The molecular weight excluding hydrogens is 394 g/mol. The maximum atomic E-state index is 13.4. The molecule has 7 heteroatoms. The van der Waals surface area contributed by atoms with E-state index in [4.69, 9.17) is 0 Å². The fraction of sp³-hybridized carbons (Fsp3) is 0.167. The van der Waals surface area contributed by atoms with Gasteiger partial charge in [-0.15, -0.1) is 0 Å². The van der Waals surface area contributed by atoms with Crippen molar-refractivity contribution in [3.63, 3.8) is 0 Å². The number of urea groups is 1. The first-order valence-corrected chi connectivity index (χ1v) is 9.91. The number of hydrogen-bond donors (Lipinski definition) is 0. The van der Waals surface area contributed by atoms with Crippen LogP contribution < -0.4 is 0 Å². The Balaban J connectivity index is 1.70. The van der Waals surface area contributed by atoms with Gasteiger partial charge in [-0.3, -0.25) is 19.8 Å². The van der Waals surface area contributed by atoms with E-state index in [1.807, 2.05) is 60.7 Å². The lowest BCUT2D eigenvalue weighted by atomic mass is 10.0. The normalized spacial score (nSPS) is 16.1. The minimum absolute atomic E-state index is 0.0141. The van der Waals surface area contributed by atoms with Crippen molar-refractivity contribution in [1.82, 2.24) is 9.80 Å². The summed E-state index contributed by atoms with van der Waals surface area (Å²) < 4.78 is 0. The average Bonchev–Trinajstić information content (AvgIpc) is 3.00. The summed E-state index contributed by atoms with van der Waals surface area (Å²) in [4.78, 5) is 40.3. The van der Waals surface area contributed by atoms with Crippen LogP contribution in [-0.2, 0) is 17.9 Å². The smallest absolute Gasteiger partial charge is 0.304 e. The molecule has 1 aliphatic heterocycles. The number of nitro benzene ring substituents is 1. The van der Waals surface area contributed by atoms with Crippen molar-refractivity contribution in [1.29, 1.82) is 0 Å². The summed E-state index contributed by atoms with van der Waals surface area (Å²) >= 11 is 0. The maximum Gasteiger partial charge on any atom is 0.328 e. The van der Waals surface area contributed by atoms with Gasteiger partial charge in [0.15, 0.2) is 0 Å². The number of imide groups is 1. The van der Waals surface area contributed by atoms with E-state index in [1.54, 1.807) is 24.0 Å². The molecule has 7 nitrogen and oxygen atoms in total. The summed E-state index contributed by atoms with van der Waals surface area (Å²) in [5, 5.41) is 11.3. The number of nitrogens with zero attached hydrogens (tertiary/aromatic N) is 3. The summed E-state index contributed by atoms with van der Waals surface area (Å²) in [6.45, 7) is 1.91. The topological polar surface area (TPSA) is 83.8 Å².